The monoisotopic (exact) mass is 498 g/mol. The number of rotatable bonds is 6. The molecule has 0 spiro atoms. The zero-order valence-corrected chi connectivity index (χ0v) is 20.6. The topological polar surface area (TPSA) is 51.5 Å². The Kier molecular flexibility index (Phi) is 6.53. The van der Waals surface area contributed by atoms with Crippen molar-refractivity contribution in [1.82, 2.24) is 4.57 Å². The average Bonchev–Trinajstić information content (AvgIpc) is 3.36. The first-order valence-corrected chi connectivity index (χ1v) is 12.4. The third-order valence-corrected chi connectivity index (χ3v) is 7.01. The number of hydrogen-bond acceptors (Lipinski definition) is 5. The Balaban J connectivity index is 1.48. The van der Waals surface area contributed by atoms with Gasteiger partial charge < -0.3 is 9.30 Å². The van der Waals surface area contributed by atoms with Crippen molar-refractivity contribution in [2.24, 2.45) is 0 Å². The molecular formula is C28H22N2O3S2. The van der Waals surface area contributed by atoms with Gasteiger partial charge in [0.1, 0.15) is 0 Å². The molecule has 1 aromatic heterocycles. The Hall–Kier alpha value is -3.68. The number of ether oxygens (including phenoxy) is 1. The second-order valence-corrected chi connectivity index (χ2v) is 9.68. The molecule has 0 unspecified atom stereocenters. The largest absolute Gasteiger partial charge is 0.462 e. The number of amides is 1. The number of carbonyl (C=O) groups excluding carboxylic acids is 2. The molecule has 0 bridgehead atoms. The van der Waals surface area contributed by atoms with Gasteiger partial charge in [-0.25, -0.2) is 4.79 Å². The predicted molar refractivity (Wildman–Crippen MR) is 146 cm³/mol. The molecule has 1 aliphatic heterocycles. The lowest BCUT2D eigenvalue weighted by Crippen LogP contribution is -2.27. The fourth-order valence-corrected chi connectivity index (χ4v) is 5.41. The van der Waals surface area contributed by atoms with Gasteiger partial charge >= 0.3 is 5.97 Å². The first-order valence-electron chi connectivity index (χ1n) is 11.2. The van der Waals surface area contributed by atoms with E-state index in [1.54, 1.807) is 31.2 Å². The molecule has 1 saturated heterocycles. The van der Waals surface area contributed by atoms with Gasteiger partial charge in [-0.05, 0) is 42.8 Å². The van der Waals surface area contributed by atoms with Crippen molar-refractivity contribution in [3.05, 3.63) is 107 Å². The smallest absolute Gasteiger partial charge is 0.338 e. The van der Waals surface area contributed by atoms with Gasteiger partial charge in [0.2, 0.25) is 0 Å². The van der Waals surface area contributed by atoms with E-state index in [-0.39, 0.29) is 12.5 Å². The molecule has 3 aromatic carbocycles. The van der Waals surface area contributed by atoms with Crippen molar-refractivity contribution < 1.29 is 14.3 Å². The molecule has 0 radical (unpaired) electrons. The number of fused-ring (bicyclic) bond motifs is 1. The SMILES string of the molecule is CCOC(=O)c1cccc(N2C(=O)/C(=C/c3cn(Cc4ccccc4)c4ccccc34)SC2=S)c1. The molecule has 4 aromatic rings. The molecular weight excluding hydrogens is 476 g/mol. The molecule has 5 rings (SSSR count). The minimum Gasteiger partial charge on any atom is -0.462 e. The van der Waals surface area contributed by atoms with Crippen LogP contribution >= 0.6 is 24.0 Å². The number of para-hydroxylation sites is 1. The summed E-state index contributed by atoms with van der Waals surface area (Å²) < 4.78 is 7.71. The van der Waals surface area contributed by atoms with E-state index in [1.807, 2.05) is 36.4 Å². The standard InChI is InChI=1S/C28H22N2O3S2/c1-2-33-27(32)20-11-8-12-22(15-20)30-26(31)25(35-28(30)34)16-21-18-29(17-19-9-4-3-5-10-19)24-14-7-6-13-23(21)24/h3-16,18H,2,17H2,1H3/b25-16-. The normalized spacial score (nSPS) is 14.8. The first kappa shape index (κ1) is 23.1. The van der Waals surface area contributed by atoms with Gasteiger partial charge in [-0.3, -0.25) is 9.69 Å². The molecule has 1 amide bonds. The van der Waals surface area contributed by atoms with Crippen LogP contribution in [0.25, 0.3) is 17.0 Å². The highest BCUT2D eigenvalue weighted by Gasteiger charge is 2.34. The minimum atomic E-state index is -0.429. The summed E-state index contributed by atoms with van der Waals surface area (Å²) in [6.45, 7) is 2.77. The zero-order valence-electron chi connectivity index (χ0n) is 19.0. The molecule has 2 heterocycles. The van der Waals surface area contributed by atoms with Gasteiger partial charge in [0, 0.05) is 29.2 Å². The highest BCUT2D eigenvalue weighted by molar-refractivity contribution is 8.27. The van der Waals surface area contributed by atoms with E-state index in [1.165, 1.54) is 22.2 Å². The van der Waals surface area contributed by atoms with Crippen molar-refractivity contribution in [3.63, 3.8) is 0 Å². The third-order valence-electron chi connectivity index (χ3n) is 5.71. The van der Waals surface area contributed by atoms with Gasteiger partial charge in [0.25, 0.3) is 5.91 Å². The Bertz CT molecular complexity index is 1470. The van der Waals surface area contributed by atoms with E-state index in [4.69, 9.17) is 17.0 Å². The summed E-state index contributed by atoms with van der Waals surface area (Å²) in [5, 5.41) is 1.07. The average molecular weight is 499 g/mol. The lowest BCUT2D eigenvalue weighted by atomic mass is 10.1. The quantitative estimate of drug-likeness (QED) is 0.178. The number of carbonyl (C=O) groups is 2. The van der Waals surface area contributed by atoms with Crippen LogP contribution in [0.2, 0.25) is 0 Å². The second kappa shape index (κ2) is 9.90. The lowest BCUT2D eigenvalue weighted by Gasteiger charge is -2.15. The number of nitrogens with zero attached hydrogens (tertiary/aromatic N) is 2. The lowest BCUT2D eigenvalue weighted by molar-refractivity contribution is -0.113. The van der Waals surface area contributed by atoms with E-state index in [9.17, 15) is 9.59 Å². The molecule has 35 heavy (non-hydrogen) atoms. The maximum absolute atomic E-state index is 13.4. The van der Waals surface area contributed by atoms with Crippen LogP contribution < -0.4 is 4.90 Å². The van der Waals surface area contributed by atoms with E-state index < -0.39 is 5.97 Å². The van der Waals surface area contributed by atoms with Crippen LogP contribution in [0, 0.1) is 0 Å². The van der Waals surface area contributed by atoms with Crippen LogP contribution in [0.15, 0.2) is 90.0 Å². The van der Waals surface area contributed by atoms with Crippen molar-refractivity contribution in [1.29, 1.82) is 0 Å². The van der Waals surface area contributed by atoms with Crippen LogP contribution in [0.1, 0.15) is 28.4 Å². The van der Waals surface area contributed by atoms with Crippen molar-refractivity contribution >= 4 is 62.8 Å². The summed E-state index contributed by atoms with van der Waals surface area (Å²) in [7, 11) is 0. The fraction of sp³-hybridized carbons (Fsp3) is 0.107. The van der Waals surface area contributed by atoms with Crippen molar-refractivity contribution in [2.45, 2.75) is 13.5 Å². The first-order chi connectivity index (χ1) is 17.0. The van der Waals surface area contributed by atoms with Crippen LogP contribution in [-0.2, 0) is 16.1 Å². The van der Waals surface area contributed by atoms with Crippen molar-refractivity contribution in [3.8, 4) is 0 Å². The van der Waals surface area contributed by atoms with Gasteiger partial charge in [-0.1, -0.05) is 78.6 Å². The Labute approximate surface area is 213 Å². The fourth-order valence-electron chi connectivity index (χ4n) is 4.12. The van der Waals surface area contributed by atoms with Gasteiger partial charge in [0.15, 0.2) is 4.32 Å². The highest BCUT2D eigenvalue weighted by atomic mass is 32.2. The zero-order chi connectivity index (χ0) is 24.4. The molecule has 0 saturated carbocycles. The third kappa shape index (κ3) is 4.65. The summed E-state index contributed by atoms with van der Waals surface area (Å²) >= 11 is 6.81. The number of anilines is 1. The Morgan fingerprint density at radius 1 is 1.03 bits per heavy atom. The Morgan fingerprint density at radius 2 is 1.80 bits per heavy atom. The van der Waals surface area contributed by atoms with Gasteiger partial charge in [-0.2, -0.15) is 0 Å². The van der Waals surface area contributed by atoms with Gasteiger partial charge in [0.05, 0.1) is 22.8 Å². The summed E-state index contributed by atoms with van der Waals surface area (Å²) in [4.78, 5) is 27.6. The second-order valence-electron chi connectivity index (χ2n) is 8.00. The molecule has 7 heteroatoms. The molecule has 1 aliphatic rings. The summed E-state index contributed by atoms with van der Waals surface area (Å²) in [6, 6.07) is 25.2. The maximum Gasteiger partial charge on any atom is 0.338 e. The number of aromatic nitrogens is 1. The number of hydrogen-bond donors (Lipinski definition) is 0. The predicted octanol–water partition coefficient (Wildman–Crippen LogP) is 6.27. The number of esters is 1. The van der Waals surface area contributed by atoms with Crippen LogP contribution in [0.5, 0.6) is 0 Å². The number of thiocarbonyl (C=S) groups is 1. The molecule has 0 aliphatic carbocycles. The highest BCUT2D eigenvalue weighted by Crippen LogP contribution is 2.37. The van der Waals surface area contributed by atoms with Crippen LogP contribution in [0.3, 0.4) is 0 Å². The Morgan fingerprint density at radius 3 is 2.60 bits per heavy atom. The number of thioether (sulfide) groups is 1. The molecule has 0 atom stereocenters. The summed E-state index contributed by atoms with van der Waals surface area (Å²) in [5.41, 5.74) is 4.18. The maximum atomic E-state index is 13.4. The van der Waals surface area contributed by atoms with Crippen LogP contribution in [-0.4, -0.2) is 27.4 Å². The van der Waals surface area contributed by atoms with Crippen LogP contribution in [0.4, 0.5) is 5.69 Å². The molecule has 0 N–H and O–H groups in total. The minimum absolute atomic E-state index is 0.208. The molecule has 5 nitrogen and oxygen atoms in total. The van der Waals surface area contributed by atoms with Gasteiger partial charge in [-0.15, -0.1) is 0 Å². The van der Waals surface area contributed by atoms with E-state index in [2.05, 4.69) is 35.0 Å². The number of benzene rings is 3. The van der Waals surface area contributed by atoms with E-state index >= 15 is 0 Å². The molecule has 1 fully saturated rings. The summed E-state index contributed by atoms with van der Waals surface area (Å²) in [5.74, 6) is -0.637. The van der Waals surface area contributed by atoms with E-state index in [0.29, 0.717) is 20.5 Å². The molecule has 174 valence electrons. The van der Waals surface area contributed by atoms with Crippen molar-refractivity contribution in [2.75, 3.05) is 11.5 Å². The summed E-state index contributed by atoms with van der Waals surface area (Å²) in [6.07, 6.45) is 3.98. The van der Waals surface area contributed by atoms with E-state index in [0.717, 1.165) is 23.0 Å².